The Morgan fingerprint density at radius 2 is 2.10 bits per heavy atom. The summed E-state index contributed by atoms with van der Waals surface area (Å²) in [5.41, 5.74) is 3.09. The Kier molecular flexibility index (Phi) is 5.17. The first-order chi connectivity index (χ1) is 15.2. The van der Waals surface area contributed by atoms with E-state index in [2.05, 4.69) is 35.4 Å². The number of nitrogens with zero attached hydrogens (tertiary/aromatic N) is 5. The molecule has 4 aromatic rings. The number of hydrogen-bond donors (Lipinski definition) is 2. The van der Waals surface area contributed by atoms with E-state index in [0.717, 1.165) is 42.9 Å². The number of aryl methyl sites for hydroxylation is 1. The van der Waals surface area contributed by atoms with Crippen LogP contribution in [0.5, 0.6) is 0 Å². The van der Waals surface area contributed by atoms with Gasteiger partial charge >= 0.3 is 0 Å². The lowest BCUT2D eigenvalue weighted by molar-refractivity contribution is 0.0944. The first-order valence-electron chi connectivity index (χ1n) is 10.3. The van der Waals surface area contributed by atoms with Gasteiger partial charge in [-0.2, -0.15) is 10.2 Å². The van der Waals surface area contributed by atoms with Crippen molar-refractivity contribution in [3.05, 3.63) is 71.5 Å². The zero-order valence-electron chi connectivity index (χ0n) is 17.2. The molecule has 1 fully saturated rings. The molecule has 1 amide bonds. The van der Waals surface area contributed by atoms with Crippen LogP contribution in [0.2, 0.25) is 0 Å². The predicted octanol–water partition coefficient (Wildman–Crippen LogP) is 2.22. The molecule has 5 rings (SSSR count). The summed E-state index contributed by atoms with van der Waals surface area (Å²) in [6.45, 7) is 4.71. The third-order valence-corrected chi connectivity index (χ3v) is 5.50. The number of para-hydroxylation sites is 2. The molecule has 31 heavy (non-hydrogen) atoms. The largest absolute Gasteiger partial charge is 0.445 e. The SMILES string of the molecule is Cc1oc(C2CN(CCc3nc4ccccc4[nH]3)C2)nc1C(=O)NCc1cccnn1. The number of H-pyrrole nitrogens is 1. The summed E-state index contributed by atoms with van der Waals surface area (Å²) in [5.74, 6) is 2.10. The maximum absolute atomic E-state index is 12.5. The zero-order chi connectivity index (χ0) is 21.2. The molecule has 0 bridgehead atoms. The summed E-state index contributed by atoms with van der Waals surface area (Å²) in [6, 6.07) is 11.6. The van der Waals surface area contributed by atoms with Gasteiger partial charge < -0.3 is 19.6 Å². The maximum Gasteiger partial charge on any atom is 0.273 e. The van der Waals surface area contributed by atoms with Crippen LogP contribution in [0.4, 0.5) is 0 Å². The van der Waals surface area contributed by atoms with Crippen molar-refractivity contribution in [3.63, 3.8) is 0 Å². The topological polar surface area (TPSA) is 113 Å². The van der Waals surface area contributed by atoms with Crippen LogP contribution >= 0.6 is 0 Å². The average Bonchev–Trinajstić information content (AvgIpc) is 3.34. The van der Waals surface area contributed by atoms with Gasteiger partial charge in [0, 0.05) is 32.3 Å². The van der Waals surface area contributed by atoms with Gasteiger partial charge in [0.25, 0.3) is 5.91 Å². The molecule has 0 radical (unpaired) electrons. The van der Waals surface area contributed by atoms with Gasteiger partial charge in [0.2, 0.25) is 5.89 Å². The number of rotatable bonds is 7. The van der Waals surface area contributed by atoms with Gasteiger partial charge in [0.15, 0.2) is 5.69 Å². The summed E-state index contributed by atoms with van der Waals surface area (Å²) < 4.78 is 5.80. The summed E-state index contributed by atoms with van der Waals surface area (Å²) in [5, 5.41) is 10.6. The highest BCUT2D eigenvalue weighted by Crippen LogP contribution is 2.28. The molecule has 0 unspecified atom stereocenters. The second-order valence-corrected chi connectivity index (χ2v) is 7.76. The summed E-state index contributed by atoms with van der Waals surface area (Å²) >= 11 is 0. The molecule has 1 aliphatic rings. The second-order valence-electron chi connectivity index (χ2n) is 7.76. The van der Waals surface area contributed by atoms with Gasteiger partial charge in [0.05, 0.1) is 29.2 Å². The number of carbonyl (C=O) groups excluding carboxylic acids is 1. The molecule has 0 saturated carbocycles. The smallest absolute Gasteiger partial charge is 0.273 e. The first kappa shape index (κ1) is 19.4. The number of imidazole rings is 1. The van der Waals surface area contributed by atoms with Crippen molar-refractivity contribution >= 4 is 16.9 Å². The fourth-order valence-electron chi connectivity index (χ4n) is 3.78. The highest BCUT2D eigenvalue weighted by molar-refractivity contribution is 5.93. The molecule has 1 saturated heterocycles. The molecule has 0 aliphatic carbocycles. The summed E-state index contributed by atoms with van der Waals surface area (Å²) in [6.07, 6.45) is 2.46. The Balaban J connectivity index is 1.13. The van der Waals surface area contributed by atoms with Crippen molar-refractivity contribution in [3.8, 4) is 0 Å². The van der Waals surface area contributed by atoms with Gasteiger partial charge in [-0.15, -0.1) is 0 Å². The number of benzene rings is 1. The van der Waals surface area contributed by atoms with Gasteiger partial charge in [-0.1, -0.05) is 12.1 Å². The van der Waals surface area contributed by atoms with E-state index in [9.17, 15) is 4.79 Å². The van der Waals surface area contributed by atoms with Crippen LogP contribution in [0.15, 0.2) is 47.0 Å². The zero-order valence-corrected chi connectivity index (χ0v) is 17.2. The number of hydrogen-bond acceptors (Lipinski definition) is 7. The maximum atomic E-state index is 12.5. The van der Waals surface area contributed by atoms with Crippen LogP contribution in [0.3, 0.4) is 0 Å². The number of aromatic nitrogens is 5. The number of oxazole rings is 1. The molecule has 0 atom stereocenters. The van der Waals surface area contributed by atoms with Crippen molar-refractivity contribution in [2.24, 2.45) is 0 Å². The molecule has 3 aromatic heterocycles. The molecule has 2 N–H and O–H groups in total. The van der Waals surface area contributed by atoms with Crippen molar-refractivity contribution in [2.45, 2.75) is 25.8 Å². The highest BCUT2D eigenvalue weighted by atomic mass is 16.4. The lowest BCUT2D eigenvalue weighted by atomic mass is 10.00. The highest BCUT2D eigenvalue weighted by Gasteiger charge is 2.33. The monoisotopic (exact) mass is 417 g/mol. The Morgan fingerprint density at radius 3 is 2.90 bits per heavy atom. The van der Waals surface area contributed by atoms with E-state index in [-0.39, 0.29) is 11.8 Å². The third-order valence-electron chi connectivity index (χ3n) is 5.50. The van der Waals surface area contributed by atoms with Gasteiger partial charge in [0.1, 0.15) is 11.6 Å². The quantitative estimate of drug-likeness (QED) is 0.474. The number of fused-ring (bicyclic) bond motifs is 1. The molecule has 9 heteroatoms. The van der Waals surface area contributed by atoms with Crippen LogP contribution < -0.4 is 5.32 Å². The van der Waals surface area contributed by atoms with E-state index < -0.39 is 0 Å². The fraction of sp³-hybridized carbons (Fsp3) is 0.318. The second kappa shape index (κ2) is 8.27. The Morgan fingerprint density at radius 1 is 1.23 bits per heavy atom. The van der Waals surface area contributed by atoms with Crippen LogP contribution in [-0.2, 0) is 13.0 Å². The van der Waals surface area contributed by atoms with E-state index in [0.29, 0.717) is 29.6 Å². The Labute approximate surface area is 178 Å². The first-order valence-corrected chi connectivity index (χ1v) is 10.3. The normalized spacial score (nSPS) is 14.6. The summed E-state index contributed by atoms with van der Waals surface area (Å²) in [4.78, 5) is 27.3. The van der Waals surface area contributed by atoms with Gasteiger partial charge in [-0.3, -0.25) is 4.79 Å². The molecule has 1 aliphatic heterocycles. The predicted molar refractivity (Wildman–Crippen MR) is 113 cm³/mol. The number of carbonyl (C=O) groups is 1. The van der Waals surface area contributed by atoms with Crippen LogP contribution in [0.25, 0.3) is 11.0 Å². The van der Waals surface area contributed by atoms with E-state index in [1.807, 2.05) is 30.3 Å². The molecule has 1 aromatic carbocycles. The number of aromatic amines is 1. The molecule has 158 valence electrons. The minimum absolute atomic E-state index is 0.205. The average molecular weight is 417 g/mol. The fourth-order valence-corrected chi connectivity index (χ4v) is 3.78. The molecular formula is C22H23N7O2. The number of nitrogens with one attached hydrogen (secondary N) is 2. The van der Waals surface area contributed by atoms with Crippen molar-refractivity contribution < 1.29 is 9.21 Å². The number of likely N-dealkylation sites (tertiary alicyclic amines) is 1. The Hall–Kier alpha value is -3.59. The lowest BCUT2D eigenvalue weighted by Gasteiger charge is -2.37. The van der Waals surface area contributed by atoms with Crippen LogP contribution in [0, 0.1) is 6.92 Å². The van der Waals surface area contributed by atoms with E-state index in [1.165, 1.54) is 0 Å². The van der Waals surface area contributed by atoms with E-state index in [1.54, 1.807) is 19.2 Å². The minimum Gasteiger partial charge on any atom is -0.445 e. The Bertz CT molecular complexity index is 1160. The van der Waals surface area contributed by atoms with Crippen molar-refractivity contribution in [2.75, 3.05) is 19.6 Å². The number of amides is 1. The molecule has 0 spiro atoms. The molecule has 9 nitrogen and oxygen atoms in total. The minimum atomic E-state index is -0.265. The van der Waals surface area contributed by atoms with Gasteiger partial charge in [-0.05, 0) is 31.2 Å². The van der Waals surface area contributed by atoms with Crippen LogP contribution in [0.1, 0.15) is 39.6 Å². The van der Waals surface area contributed by atoms with Crippen molar-refractivity contribution in [1.29, 1.82) is 0 Å². The lowest BCUT2D eigenvalue weighted by Crippen LogP contribution is -2.46. The standard InChI is InChI=1S/C22H23N7O2/c1-14-20(21(30)23-11-16-5-4-9-24-28-16)27-22(31-14)15-12-29(13-15)10-8-19-25-17-6-2-3-7-18(17)26-19/h2-7,9,15H,8,10-13H2,1H3,(H,23,30)(H,25,26). The van der Waals surface area contributed by atoms with E-state index in [4.69, 9.17) is 4.42 Å². The van der Waals surface area contributed by atoms with Crippen LogP contribution in [-0.4, -0.2) is 55.6 Å². The van der Waals surface area contributed by atoms with Crippen molar-refractivity contribution in [1.82, 2.24) is 35.4 Å². The van der Waals surface area contributed by atoms with E-state index >= 15 is 0 Å². The van der Waals surface area contributed by atoms with Gasteiger partial charge in [-0.25, -0.2) is 9.97 Å². The molecular weight excluding hydrogens is 394 g/mol. The third kappa shape index (κ3) is 4.17. The molecule has 4 heterocycles. The summed E-state index contributed by atoms with van der Waals surface area (Å²) in [7, 11) is 0.